The number of halogens is 1. The second-order valence-corrected chi connectivity index (χ2v) is 23.5. The van der Waals surface area contributed by atoms with Crippen LogP contribution < -0.4 is 36.9 Å². The monoisotopic (exact) mass is 1010 g/mol. The van der Waals surface area contributed by atoms with Gasteiger partial charge in [-0.15, -0.1) is 0 Å². The summed E-state index contributed by atoms with van der Waals surface area (Å²) in [6.07, 6.45) is 18.9. The van der Waals surface area contributed by atoms with Gasteiger partial charge in [0, 0.05) is 66.3 Å². The highest BCUT2D eigenvalue weighted by atomic mass is 35.5. The smallest absolute Gasteiger partial charge is 0.336 e. The Morgan fingerprint density at radius 3 is 1.85 bits per heavy atom. The number of hydrogen-bond donors (Lipinski definition) is 2. The number of amides is 3. The van der Waals surface area contributed by atoms with Crippen molar-refractivity contribution in [3.8, 4) is 16.9 Å². The maximum atomic E-state index is 13.8. The summed E-state index contributed by atoms with van der Waals surface area (Å²) < 4.78 is 11.8. The van der Waals surface area contributed by atoms with Gasteiger partial charge in [-0.05, 0) is 106 Å². The predicted molar refractivity (Wildman–Crippen MR) is 299 cm³/mol. The molecule has 0 aliphatic carbocycles. The molecular weight excluding hydrogens is 937 g/mol. The van der Waals surface area contributed by atoms with Gasteiger partial charge in [0.2, 0.25) is 11.8 Å². The van der Waals surface area contributed by atoms with E-state index in [-0.39, 0.29) is 23.8 Å². The quantitative estimate of drug-likeness (QED) is 0.0301. The third kappa shape index (κ3) is 15.1. The second-order valence-electron chi connectivity index (χ2n) is 19.5. The molecule has 1 aromatic heterocycles. The number of fused-ring (bicyclic) bond motifs is 1. The van der Waals surface area contributed by atoms with Crippen LogP contribution in [0.5, 0.6) is 5.75 Å². The summed E-state index contributed by atoms with van der Waals surface area (Å²) in [6.45, 7) is 4.95. The number of benzene rings is 5. The molecule has 380 valence electrons. The Bertz CT molecular complexity index is 2620. The number of ether oxygens (including phenoxy) is 1. The summed E-state index contributed by atoms with van der Waals surface area (Å²) in [4.78, 5) is 54.5. The van der Waals surface area contributed by atoms with Gasteiger partial charge in [0.25, 0.3) is 5.91 Å². The molecule has 0 unspecified atom stereocenters. The molecular formula is C61H74ClN3O6P+. The van der Waals surface area contributed by atoms with Gasteiger partial charge >= 0.3 is 5.63 Å². The summed E-state index contributed by atoms with van der Waals surface area (Å²) in [5.74, 6) is 0.169. The van der Waals surface area contributed by atoms with Gasteiger partial charge in [-0.25, -0.2) is 4.79 Å². The number of carbonyl (C=O) groups is 3. The predicted octanol–water partition coefficient (Wildman–Crippen LogP) is 13.2. The van der Waals surface area contributed by atoms with E-state index < -0.39 is 19.0 Å². The number of unbranched alkanes of at least 4 members (excludes halogenated alkanes) is 12. The Balaban J connectivity index is 0.868. The molecule has 2 heterocycles. The molecule has 1 aliphatic rings. The molecule has 0 radical (unpaired) electrons. The number of likely N-dealkylation sites (tertiary alicyclic amines) is 1. The lowest BCUT2D eigenvalue weighted by Gasteiger charge is -2.34. The van der Waals surface area contributed by atoms with Gasteiger partial charge < -0.3 is 24.7 Å². The third-order valence-corrected chi connectivity index (χ3v) is 18.9. The maximum Gasteiger partial charge on any atom is 0.336 e. The molecule has 6 aromatic rings. The molecule has 5 aromatic carbocycles. The molecule has 7 rings (SSSR count). The van der Waals surface area contributed by atoms with E-state index in [1.54, 1.807) is 48.2 Å². The van der Waals surface area contributed by atoms with Crippen LogP contribution >= 0.6 is 18.9 Å². The Morgan fingerprint density at radius 2 is 1.25 bits per heavy atom. The lowest BCUT2D eigenvalue weighted by Crippen LogP contribution is -2.52. The van der Waals surface area contributed by atoms with Crippen molar-refractivity contribution in [2.75, 3.05) is 24.6 Å². The zero-order valence-corrected chi connectivity index (χ0v) is 44.1. The first-order valence-electron chi connectivity index (χ1n) is 26.6. The number of nitrogens with one attached hydrogen (secondary N) is 2. The van der Waals surface area contributed by atoms with Crippen LogP contribution in [0.1, 0.15) is 129 Å². The largest absolute Gasteiger partial charge is 0.481 e. The molecule has 2 atom stereocenters. The van der Waals surface area contributed by atoms with E-state index in [1.807, 2.05) is 0 Å². The van der Waals surface area contributed by atoms with Crippen LogP contribution in [0.25, 0.3) is 22.1 Å². The van der Waals surface area contributed by atoms with E-state index in [0.717, 1.165) is 57.5 Å². The molecule has 2 N–H and O–H groups in total. The fourth-order valence-corrected chi connectivity index (χ4v) is 14.9. The molecule has 1 aliphatic heterocycles. The van der Waals surface area contributed by atoms with Crippen LogP contribution in [0.4, 0.5) is 5.69 Å². The van der Waals surface area contributed by atoms with Crippen molar-refractivity contribution in [1.82, 2.24) is 10.2 Å². The first-order chi connectivity index (χ1) is 35.1. The fraction of sp³-hybridized carbons (Fsp3) is 0.410. The number of carbonyl (C=O) groups excluding carboxylic acids is 3. The van der Waals surface area contributed by atoms with E-state index in [9.17, 15) is 19.2 Å². The van der Waals surface area contributed by atoms with E-state index in [0.29, 0.717) is 64.5 Å². The number of hydrogen-bond acceptors (Lipinski definition) is 6. The van der Waals surface area contributed by atoms with Crippen LogP contribution in [0.3, 0.4) is 0 Å². The van der Waals surface area contributed by atoms with Crippen molar-refractivity contribution in [2.24, 2.45) is 0 Å². The summed E-state index contributed by atoms with van der Waals surface area (Å²) in [5.41, 5.74) is 1.53. The van der Waals surface area contributed by atoms with Crippen molar-refractivity contribution >= 4 is 69.2 Å². The van der Waals surface area contributed by atoms with Crippen LogP contribution in [0.15, 0.2) is 143 Å². The highest BCUT2D eigenvalue weighted by molar-refractivity contribution is 7.95. The van der Waals surface area contributed by atoms with Crippen LogP contribution in [0.2, 0.25) is 5.02 Å². The molecule has 0 bridgehead atoms. The lowest BCUT2D eigenvalue weighted by atomic mass is 10.0. The topological polar surface area (TPSA) is 118 Å². The molecule has 72 heavy (non-hydrogen) atoms. The molecule has 3 amide bonds. The van der Waals surface area contributed by atoms with E-state index in [2.05, 4.69) is 109 Å². The Hall–Kier alpha value is -5.76. The minimum Gasteiger partial charge on any atom is -0.481 e. The highest BCUT2D eigenvalue weighted by Crippen LogP contribution is 2.56. The molecule has 1 saturated heterocycles. The van der Waals surface area contributed by atoms with Crippen molar-refractivity contribution in [1.29, 1.82) is 0 Å². The summed E-state index contributed by atoms with van der Waals surface area (Å²) in [7, 11) is -1.91. The average molecular weight is 1010 g/mol. The third-order valence-electron chi connectivity index (χ3n) is 14.0. The summed E-state index contributed by atoms with van der Waals surface area (Å²) in [5, 5.41) is 11.3. The van der Waals surface area contributed by atoms with Crippen molar-refractivity contribution < 1.29 is 23.5 Å². The summed E-state index contributed by atoms with van der Waals surface area (Å²) in [6, 6.07) is 44.4. The van der Waals surface area contributed by atoms with E-state index >= 15 is 0 Å². The van der Waals surface area contributed by atoms with Gasteiger partial charge in [-0.3, -0.25) is 14.4 Å². The van der Waals surface area contributed by atoms with Gasteiger partial charge in [0.15, 0.2) is 6.10 Å². The van der Waals surface area contributed by atoms with Crippen LogP contribution in [0, 0.1) is 0 Å². The minimum absolute atomic E-state index is 0.0138. The molecule has 11 heteroatoms. The Morgan fingerprint density at radius 1 is 0.681 bits per heavy atom. The maximum absolute atomic E-state index is 13.8. The summed E-state index contributed by atoms with van der Waals surface area (Å²) >= 11 is 6.80. The minimum atomic E-state index is -1.91. The number of anilines is 1. The fourth-order valence-electron chi connectivity index (χ4n) is 10.2. The Kier molecular flexibility index (Phi) is 20.9. The first kappa shape index (κ1) is 54.0. The van der Waals surface area contributed by atoms with Gasteiger partial charge in [0.05, 0.1) is 11.2 Å². The highest BCUT2D eigenvalue weighted by Gasteiger charge is 2.44. The first-order valence-corrected chi connectivity index (χ1v) is 29.0. The zero-order valence-electron chi connectivity index (χ0n) is 42.4. The molecule has 1 fully saturated rings. The lowest BCUT2D eigenvalue weighted by molar-refractivity contribution is -0.140. The van der Waals surface area contributed by atoms with Crippen LogP contribution in [-0.4, -0.2) is 54.0 Å². The van der Waals surface area contributed by atoms with E-state index in [1.165, 1.54) is 73.3 Å². The van der Waals surface area contributed by atoms with Crippen molar-refractivity contribution in [3.05, 3.63) is 149 Å². The zero-order chi connectivity index (χ0) is 50.5. The number of piperidine rings is 1. The van der Waals surface area contributed by atoms with E-state index in [4.69, 9.17) is 20.8 Å². The van der Waals surface area contributed by atoms with Gasteiger partial charge in [-0.2, -0.15) is 0 Å². The van der Waals surface area contributed by atoms with Crippen LogP contribution in [-0.2, 0) is 14.4 Å². The number of rotatable bonds is 27. The van der Waals surface area contributed by atoms with Gasteiger partial charge in [0.1, 0.15) is 34.5 Å². The molecule has 0 saturated carbocycles. The normalized spacial score (nSPS) is 14.2. The van der Waals surface area contributed by atoms with Gasteiger partial charge in [-0.1, -0.05) is 143 Å². The van der Waals surface area contributed by atoms with Crippen molar-refractivity contribution in [3.63, 3.8) is 0 Å². The molecule has 0 spiro atoms. The van der Waals surface area contributed by atoms with Crippen molar-refractivity contribution in [2.45, 2.75) is 142 Å². The SMILES string of the molecule is CCCCCCCCCCCCCC(=O)Nc1ccc(-c2cc(=O)oc3cc(O[C@H](C)C(=O)N4CCC[C@@H](NC(=O)CCCCC[P+](c5ccccc5)(c5ccccc5)c5ccccc5)C4)ccc23)c(Cl)c1. The number of nitrogens with zero attached hydrogens (tertiary/aromatic N) is 1. The Labute approximate surface area is 432 Å². The second kappa shape index (κ2) is 27.9. The molecule has 9 nitrogen and oxygen atoms in total. The average Bonchev–Trinajstić information content (AvgIpc) is 3.39. The standard InChI is InChI=1S/C61H73ClN3O6P/c1-3-4-5-6-7-8-9-10-11-12-23-34-58(66)63-47-36-38-53(56(62)42-47)55-44-60(68)71-57-43-49(37-39-54(55)57)70-46(2)61(69)65-40-26-27-48(45-65)64-59(67)35-24-16-25-41-72(50-28-17-13-18-29-50,51-30-19-14-20-31-51)52-32-21-15-22-33-52/h13-15,17-22,28-33,36-39,42-44,46,48H,3-12,16,23-27,34-35,40-41,45H2,1-2H3,(H-,63,64,66,67,68)/p+1/t46-,48-/m1/s1.